The van der Waals surface area contributed by atoms with Gasteiger partial charge in [0.15, 0.2) is 0 Å². The van der Waals surface area contributed by atoms with Crippen LogP contribution in [0.5, 0.6) is 0 Å². The number of para-hydroxylation sites is 1. The third kappa shape index (κ3) is 4.00. The Morgan fingerprint density at radius 3 is 2.70 bits per heavy atom. The summed E-state index contributed by atoms with van der Waals surface area (Å²) in [7, 11) is 0. The van der Waals surface area contributed by atoms with Gasteiger partial charge in [-0.3, -0.25) is 4.79 Å². The van der Waals surface area contributed by atoms with Crippen LogP contribution in [0.3, 0.4) is 0 Å². The number of carbonyl (C=O) groups excluding carboxylic acids is 1. The minimum absolute atomic E-state index is 0.0564. The van der Waals surface area contributed by atoms with E-state index in [1.807, 2.05) is 44.2 Å². The monoisotopic (exact) mass is 333 g/mol. The number of aryl methyl sites for hydroxylation is 1. The molecule has 0 spiro atoms. The molecule has 0 atom stereocenters. The molecular weight excluding hydrogens is 314 g/mol. The number of hydrogen-bond acceptors (Lipinski definition) is 3. The Balaban J connectivity index is 2.26. The quantitative estimate of drug-likeness (QED) is 0.827. The summed E-state index contributed by atoms with van der Waals surface area (Å²) in [6, 6.07) is 9.58. The Hall–Kier alpha value is -2.11. The normalized spacial score (nSPS) is 11.1. The first-order valence-corrected chi connectivity index (χ1v) is 7.84. The Kier molecular flexibility index (Phi) is 5.96. The van der Waals surface area contributed by atoms with Crippen molar-refractivity contribution < 1.29 is 9.90 Å². The molecule has 0 saturated heterocycles. The van der Waals surface area contributed by atoms with Gasteiger partial charge in [-0.25, -0.2) is 4.68 Å². The molecule has 0 fully saturated rings. The molecule has 5 nitrogen and oxygen atoms in total. The zero-order valence-electron chi connectivity index (χ0n) is 13.2. The molecule has 0 aliphatic heterocycles. The van der Waals surface area contributed by atoms with Crippen molar-refractivity contribution in [1.29, 1.82) is 0 Å². The second-order valence-corrected chi connectivity index (χ2v) is 5.37. The smallest absolute Gasteiger partial charge is 0.246 e. The highest BCUT2D eigenvalue weighted by Crippen LogP contribution is 2.24. The van der Waals surface area contributed by atoms with Crippen LogP contribution >= 0.6 is 11.6 Å². The van der Waals surface area contributed by atoms with Crippen LogP contribution in [0.4, 0.5) is 0 Å². The average Bonchev–Trinajstić information content (AvgIpc) is 2.85. The Morgan fingerprint density at radius 2 is 2.09 bits per heavy atom. The number of aliphatic hydroxyl groups excluding tert-OH is 1. The van der Waals surface area contributed by atoms with Gasteiger partial charge in [0.1, 0.15) is 5.15 Å². The number of halogens is 1. The number of aromatic nitrogens is 2. The zero-order chi connectivity index (χ0) is 16.8. The lowest BCUT2D eigenvalue weighted by atomic mass is 10.2. The van der Waals surface area contributed by atoms with Crippen molar-refractivity contribution in [1.82, 2.24) is 14.7 Å². The fourth-order valence-electron chi connectivity index (χ4n) is 2.25. The third-order valence-electron chi connectivity index (χ3n) is 3.50. The topological polar surface area (TPSA) is 58.4 Å². The summed E-state index contributed by atoms with van der Waals surface area (Å²) < 4.78 is 1.65. The third-order valence-corrected chi connectivity index (χ3v) is 3.87. The summed E-state index contributed by atoms with van der Waals surface area (Å²) in [4.78, 5) is 13.7. The second kappa shape index (κ2) is 7.94. The van der Waals surface area contributed by atoms with E-state index >= 15 is 0 Å². The lowest BCUT2D eigenvalue weighted by molar-refractivity contribution is -0.126. The standard InChI is InChI=1S/C17H20ClN3O2/c1-3-20(11-12-22)16(23)10-9-15-13(2)19-21(17(15)18)14-7-5-4-6-8-14/h4-10,22H,3,11-12H2,1-2H3/b10-9+. The van der Waals surface area contributed by atoms with Crippen LogP contribution in [-0.2, 0) is 4.79 Å². The number of likely N-dealkylation sites (N-methyl/N-ethyl adjacent to an activating group) is 1. The van der Waals surface area contributed by atoms with E-state index in [4.69, 9.17) is 16.7 Å². The minimum atomic E-state index is -0.163. The van der Waals surface area contributed by atoms with Gasteiger partial charge in [-0.15, -0.1) is 0 Å². The van der Waals surface area contributed by atoms with Crippen molar-refractivity contribution in [2.24, 2.45) is 0 Å². The molecule has 2 rings (SSSR count). The van der Waals surface area contributed by atoms with Crippen LogP contribution in [-0.4, -0.2) is 45.4 Å². The summed E-state index contributed by atoms with van der Waals surface area (Å²) in [5.41, 5.74) is 2.32. The van der Waals surface area contributed by atoms with E-state index < -0.39 is 0 Å². The number of amides is 1. The fourth-order valence-corrected chi connectivity index (χ4v) is 2.58. The van der Waals surface area contributed by atoms with Crippen LogP contribution < -0.4 is 0 Å². The van der Waals surface area contributed by atoms with Gasteiger partial charge in [-0.05, 0) is 32.1 Å². The molecule has 0 saturated carbocycles. The number of carbonyl (C=O) groups is 1. The molecule has 1 aromatic carbocycles. The summed E-state index contributed by atoms with van der Waals surface area (Å²) >= 11 is 6.41. The molecule has 122 valence electrons. The summed E-state index contributed by atoms with van der Waals surface area (Å²) in [6.45, 7) is 4.52. The van der Waals surface area contributed by atoms with Gasteiger partial charge in [0, 0.05) is 24.7 Å². The largest absolute Gasteiger partial charge is 0.395 e. The lowest BCUT2D eigenvalue weighted by Crippen LogP contribution is -2.31. The Morgan fingerprint density at radius 1 is 1.39 bits per heavy atom. The molecule has 6 heteroatoms. The van der Waals surface area contributed by atoms with Gasteiger partial charge in [-0.2, -0.15) is 5.10 Å². The molecule has 23 heavy (non-hydrogen) atoms. The van der Waals surface area contributed by atoms with Crippen molar-refractivity contribution in [2.75, 3.05) is 19.7 Å². The molecule has 0 aliphatic carbocycles. The summed E-state index contributed by atoms with van der Waals surface area (Å²) in [5, 5.41) is 13.9. The van der Waals surface area contributed by atoms with Crippen molar-refractivity contribution in [2.45, 2.75) is 13.8 Å². The van der Waals surface area contributed by atoms with E-state index in [1.54, 1.807) is 15.7 Å². The first-order valence-electron chi connectivity index (χ1n) is 7.46. The molecule has 0 aliphatic rings. The SMILES string of the molecule is CCN(CCO)C(=O)/C=C/c1c(C)nn(-c2ccccc2)c1Cl. The highest BCUT2D eigenvalue weighted by Gasteiger charge is 2.13. The molecule has 1 N–H and O–H groups in total. The first-order chi connectivity index (χ1) is 11.1. The second-order valence-electron chi connectivity index (χ2n) is 5.01. The molecule has 0 unspecified atom stereocenters. The maximum atomic E-state index is 12.1. The molecule has 0 bridgehead atoms. The van der Waals surface area contributed by atoms with E-state index in [1.165, 1.54) is 6.08 Å². The molecule has 1 heterocycles. The Labute approximate surface area is 140 Å². The van der Waals surface area contributed by atoms with Crippen molar-refractivity contribution in [3.05, 3.63) is 52.8 Å². The van der Waals surface area contributed by atoms with E-state index in [9.17, 15) is 4.79 Å². The van der Waals surface area contributed by atoms with Gasteiger partial charge >= 0.3 is 0 Å². The lowest BCUT2D eigenvalue weighted by Gasteiger charge is -2.17. The molecule has 0 radical (unpaired) electrons. The van der Waals surface area contributed by atoms with E-state index in [0.29, 0.717) is 23.8 Å². The molecule has 1 aromatic heterocycles. The molecule has 1 amide bonds. The highest BCUT2D eigenvalue weighted by molar-refractivity contribution is 6.31. The number of nitrogens with zero attached hydrogens (tertiary/aromatic N) is 3. The number of benzene rings is 1. The molecule has 2 aromatic rings. The Bertz CT molecular complexity index is 695. The fraction of sp³-hybridized carbons (Fsp3) is 0.294. The minimum Gasteiger partial charge on any atom is -0.395 e. The van der Waals surface area contributed by atoms with Crippen LogP contribution in [0.15, 0.2) is 36.4 Å². The summed E-state index contributed by atoms with van der Waals surface area (Å²) in [5.74, 6) is -0.163. The van der Waals surface area contributed by atoms with Gasteiger partial charge < -0.3 is 10.0 Å². The van der Waals surface area contributed by atoms with Crippen molar-refractivity contribution in [3.63, 3.8) is 0 Å². The number of hydrogen-bond donors (Lipinski definition) is 1. The van der Waals surface area contributed by atoms with Crippen LogP contribution in [0, 0.1) is 6.92 Å². The highest BCUT2D eigenvalue weighted by atomic mass is 35.5. The van der Waals surface area contributed by atoms with Crippen LogP contribution in [0.25, 0.3) is 11.8 Å². The first kappa shape index (κ1) is 17.2. The van der Waals surface area contributed by atoms with Crippen LogP contribution in [0.1, 0.15) is 18.2 Å². The molecular formula is C17H20ClN3O2. The predicted molar refractivity (Wildman–Crippen MR) is 91.7 cm³/mol. The van der Waals surface area contributed by atoms with E-state index in [-0.39, 0.29) is 12.5 Å². The van der Waals surface area contributed by atoms with Crippen molar-refractivity contribution >= 4 is 23.6 Å². The van der Waals surface area contributed by atoms with E-state index in [0.717, 1.165) is 11.4 Å². The van der Waals surface area contributed by atoms with Gasteiger partial charge in [-0.1, -0.05) is 29.8 Å². The predicted octanol–water partition coefficient (Wildman–Crippen LogP) is 2.69. The zero-order valence-corrected chi connectivity index (χ0v) is 14.0. The van der Waals surface area contributed by atoms with Crippen molar-refractivity contribution in [3.8, 4) is 5.69 Å². The van der Waals surface area contributed by atoms with Gasteiger partial charge in [0.2, 0.25) is 5.91 Å². The number of aliphatic hydroxyl groups is 1. The van der Waals surface area contributed by atoms with Crippen LogP contribution in [0.2, 0.25) is 5.15 Å². The average molecular weight is 334 g/mol. The summed E-state index contributed by atoms with van der Waals surface area (Å²) in [6.07, 6.45) is 3.14. The number of rotatable bonds is 6. The van der Waals surface area contributed by atoms with Gasteiger partial charge in [0.05, 0.1) is 18.0 Å². The van der Waals surface area contributed by atoms with E-state index in [2.05, 4.69) is 5.10 Å². The van der Waals surface area contributed by atoms with Gasteiger partial charge in [0.25, 0.3) is 0 Å². The maximum absolute atomic E-state index is 12.1. The maximum Gasteiger partial charge on any atom is 0.246 e.